The number of hydrogen-bond donors (Lipinski definition) is 1. The fraction of sp³-hybridized carbons (Fsp3) is 0.0769. The average molecular weight is 377 g/mol. The quantitative estimate of drug-likeness (QED) is 0.785. The van der Waals surface area contributed by atoms with Gasteiger partial charge in [-0.05, 0) is 57.9 Å². The first-order chi connectivity index (χ1) is 8.54. The highest BCUT2D eigenvalue weighted by atomic mass is 79.9. The predicted octanol–water partition coefficient (Wildman–Crippen LogP) is 5.10. The van der Waals surface area contributed by atoms with Crippen molar-refractivity contribution in [1.29, 1.82) is 0 Å². The molecule has 0 aliphatic rings. The van der Waals surface area contributed by atoms with Gasteiger partial charge in [0.25, 0.3) is 0 Å². The average Bonchev–Trinajstić information content (AvgIpc) is 2.29. The van der Waals surface area contributed by atoms with Crippen molar-refractivity contribution in [2.45, 2.75) is 6.54 Å². The van der Waals surface area contributed by atoms with Crippen molar-refractivity contribution >= 4 is 37.5 Å². The number of halogens is 4. The summed E-state index contributed by atoms with van der Waals surface area (Å²) in [7, 11) is 0. The van der Waals surface area contributed by atoms with Crippen LogP contribution in [0.2, 0.25) is 0 Å². The van der Waals surface area contributed by atoms with Gasteiger partial charge < -0.3 is 5.32 Å². The third kappa shape index (κ3) is 3.53. The lowest BCUT2D eigenvalue weighted by molar-refractivity contribution is 0.621. The van der Waals surface area contributed by atoms with Gasteiger partial charge in [0.15, 0.2) is 0 Å². The summed E-state index contributed by atoms with van der Waals surface area (Å²) in [4.78, 5) is 0. The van der Waals surface area contributed by atoms with Crippen LogP contribution in [-0.2, 0) is 6.54 Å². The zero-order chi connectivity index (χ0) is 13.1. The van der Waals surface area contributed by atoms with Crippen LogP contribution in [0.15, 0.2) is 45.3 Å². The van der Waals surface area contributed by atoms with Crippen molar-refractivity contribution in [2.75, 3.05) is 5.32 Å². The van der Waals surface area contributed by atoms with Crippen molar-refractivity contribution in [3.8, 4) is 0 Å². The molecule has 0 amide bonds. The molecule has 2 aromatic rings. The fourth-order valence-corrected chi connectivity index (χ4v) is 2.41. The molecule has 0 saturated carbocycles. The number of benzene rings is 2. The molecule has 94 valence electrons. The first-order valence-corrected chi connectivity index (χ1v) is 6.77. The van der Waals surface area contributed by atoms with Gasteiger partial charge >= 0.3 is 0 Å². The van der Waals surface area contributed by atoms with E-state index >= 15 is 0 Å². The second-order valence-corrected chi connectivity index (χ2v) is 5.53. The van der Waals surface area contributed by atoms with Crippen LogP contribution in [0, 0.1) is 11.6 Å². The Morgan fingerprint density at radius 3 is 2.44 bits per heavy atom. The Hall–Kier alpha value is -0.940. The van der Waals surface area contributed by atoms with E-state index in [1.807, 2.05) is 6.07 Å². The highest BCUT2D eigenvalue weighted by Crippen LogP contribution is 2.21. The molecule has 2 aromatic carbocycles. The molecule has 0 aliphatic heterocycles. The molecule has 0 radical (unpaired) electrons. The Bertz CT molecular complexity index is 553. The highest BCUT2D eigenvalue weighted by molar-refractivity contribution is 9.10. The van der Waals surface area contributed by atoms with E-state index in [-0.39, 0.29) is 11.6 Å². The standard InChI is InChI=1S/C13H9Br2F2N/c14-9-3-8(4-10(16)5-9)7-18-11-1-2-13(17)12(15)6-11/h1-6,18H,7H2. The fourth-order valence-electron chi connectivity index (χ4n) is 1.52. The number of anilines is 1. The smallest absolute Gasteiger partial charge is 0.137 e. The van der Waals surface area contributed by atoms with E-state index in [0.29, 0.717) is 15.5 Å². The highest BCUT2D eigenvalue weighted by Gasteiger charge is 2.02. The van der Waals surface area contributed by atoms with E-state index in [9.17, 15) is 8.78 Å². The summed E-state index contributed by atoms with van der Waals surface area (Å²) in [6, 6.07) is 9.33. The molecule has 0 spiro atoms. The number of hydrogen-bond acceptors (Lipinski definition) is 1. The zero-order valence-electron chi connectivity index (χ0n) is 9.18. The van der Waals surface area contributed by atoms with Gasteiger partial charge in [-0.2, -0.15) is 0 Å². The lowest BCUT2D eigenvalue weighted by Crippen LogP contribution is -2.00. The minimum atomic E-state index is -0.311. The first-order valence-electron chi connectivity index (χ1n) is 5.18. The van der Waals surface area contributed by atoms with Gasteiger partial charge in [-0.1, -0.05) is 15.9 Å². The largest absolute Gasteiger partial charge is 0.381 e. The van der Waals surface area contributed by atoms with Crippen LogP contribution in [0.1, 0.15) is 5.56 Å². The van der Waals surface area contributed by atoms with Crippen LogP contribution < -0.4 is 5.32 Å². The molecule has 18 heavy (non-hydrogen) atoms. The van der Waals surface area contributed by atoms with Gasteiger partial charge in [-0.15, -0.1) is 0 Å². The van der Waals surface area contributed by atoms with Crippen molar-refractivity contribution in [3.05, 3.63) is 62.5 Å². The summed E-state index contributed by atoms with van der Waals surface area (Å²) < 4.78 is 27.3. The Morgan fingerprint density at radius 1 is 1.00 bits per heavy atom. The van der Waals surface area contributed by atoms with Crippen LogP contribution in [0.5, 0.6) is 0 Å². The van der Waals surface area contributed by atoms with Crippen molar-refractivity contribution in [2.24, 2.45) is 0 Å². The second-order valence-electron chi connectivity index (χ2n) is 3.76. The molecule has 1 N–H and O–H groups in total. The van der Waals surface area contributed by atoms with Crippen molar-refractivity contribution in [3.63, 3.8) is 0 Å². The lowest BCUT2D eigenvalue weighted by Gasteiger charge is -2.08. The molecule has 0 aliphatic carbocycles. The van der Waals surface area contributed by atoms with E-state index in [4.69, 9.17) is 0 Å². The van der Waals surface area contributed by atoms with Crippen LogP contribution in [0.3, 0.4) is 0 Å². The van der Waals surface area contributed by atoms with Gasteiger partial charge in [-0.3, -0.25) is 0 Å². The summed E-state index contributed by atoms with van der Waals surface area (Å²) in [5.41, 5.74) is 1.57. The summed E-state index contributed by atoms with van der Waals surface area (Å²) >= 11 is 6.35. The molecule has 0 saturated heterocycles. The number of nitrogens with one attached hydrogen (secondary N) is 1. The molecule has 2 rings (SSSR count). The molecule has 0 unspecified atom stereocenters. The number of rotatable bonds is 3. The van der Waals surface area contributed by atoms with Crippen molar-refractivity contribution in [1.82, 2.24) is 0 Å². The SMILES string of the molecule is Fc1cc(Br)cc(CNc2ccc(F)c(Br)c2)c1. The molecule has 0 bridgehead atoms. The molecule has 0 atom stereocenters. The van der Waals surface area contributed by atoms with Crippen LogP contribution in [-0.4, -0.2) is 0 Å². The summed E-state index contributed by atoms with van der Waals surface area (Å²) in [5, 5.41) is 3.10. The van der Waals surface area contributed by atoms with E-state index in [1.54, 1.807) is 12.1 Å². The van der Waals surface area contributed by atoms with Crippen LogP contribution >= 0.6 is 31.9 Å². The maximum Gasteiger partial charge on any atom is 0.137 e. The van der Waals surface area contributed by atoms with E-state index < -0.39 is 0 Å². The van der Waals surface area contributed by atoms with Crippen LogP contribution in [0.25, 0.3) is 0 Å². The second kappa shape index (κ2) is 5.80. The predicted molar refractivity (Wildman–Crippen MR) is 75.5 cm³/mol. The molecule has 1 nitrogen and oxygen atoms in total. The lowest BCUT2D eigenvalue weighted by atomic mass is 10.2. The zero-order valence-corrected chi connectivity index (χ0v) is 12.4. The molecule has 5 heteroatoms. The summed E-state index contributed by atoms with van der Waals surface area (Å²) in [5.74, 6) is -0.601. The van der Waals surface area contributed by atoms with E-state index in [2.05, 4.69) is 37.2 Å². The van der Waals surface area contributed by atoms with E-state index in [1.165, 1.54) is 18.2 Å². The molecule has 0 aromatic heterocycles. The third-order valence-electron chi connectivity index (χ3n) is 2.34. The maximum atomic E-state index is 13.2. The van der Waals surface area contributed by atoms with Crippen LogP contribution in [0.4, 0.5) is 14.5 Å². The maximum absolute atomic E-state index is 13.2. The Morgan fingerprint density at radius 2 is 1.78 bits per heavy atom. The Labute approximate surface area is 120 Å². The van der Waals surface area contributed by atoms with Gasteiger partial charge in [0.1, 0.15) is 11.6 Å². The topological polar surface area (TPSA) is 12.0 Å². The molecule has 0 fully saturated rings. The molecular weight excluding hydrogens is 368 g/mol. The van der Waals surface area contributed by atoms with Gasteiger partial charge in [0.2, 0.25) is 0 Å². The minimum absolute atomic E-state index is 0.290. The van der Waals surface area contributed by atoms with Crippen molar-refractivity contribution < 1.29 is 8.78 Å². The Kier molecular flexibility index (Phi) is 4.35. The third-order valence-corrected chi connectivity index (χ3v) is 3.40. The summed E-state index contributed by atoms with van der Waals surface area (Å²) in [6.45, 7) is 0.467. The first kappa shape index (κ1) is 13.5. The van der Waals surface area contributed by atoms with Gasteiger partial charge in [-0.25, -0.2) is 8.78 Å². The minimum Gasteiger partial charge on any atom is -0.381 e. The molecular formula is C13H9Br2F2N. The van der Waals surface area contributed by atoms with Gasteiger partial charge in [0, 0.05) is 16.7 Å². The monoisotopic (exact) mass is 375 g/mol. The van der Waals surface area contributed by atoms with Gasteiger partial charge in [0.05, 0.1) is 4.47 Å². The Balaban J connectivity index is 2.08. The normalized spacial score (nSPS) is 10.4. The molecule has 0 heterocycles. The summed E-state index contributed by atoms with van der Waals surface area (Å²) in [6.07, 6.45) is 0. The van der Waals surface area contributed by atoms with E-state index in [0.717, 1.165) is 11.3 Å².